The Labute approximate surface area is 276 Å². The first kappa shape index (κ1) is 33.4. The summed E-state index contributed by atoms with van der Waals surface area (Å²) in [6.07, 6.45) is 3.50. The van der Waals surface area contributed by atoms with Crippen molar-refractivity contribution in [2.45, 2.75) is 94.3 Å². The van der Waals surface area contributed by atoms with Crippen molar-refractivity contribution in [1.82, 2.24) is 0 Å². The first-order valence-corrected chi connectivity index (χ1v) is 16.6. The summed E-state index contributed by atoms with van der Waals surface area (Å²) in [6, 6.07) is 26.5. The fourth-order valence-corrected chi connectivity index (χ4v) is 7.07. The summed E-state index contributed by atoms with van der Waals surface area (Å²) in [5.41, 5.74) is 23.2. The van der Waals surface area contributed by atoms with Crippen LogP contribution in [0.4, 0.5) is 0 Å². The highest BCUT2D eigenvalue weighted by Gasteiger charge is 2.17. The van der Waals surface area contributed by atoms with Gasteiger partial charge >= 0.3 is 0 Å². The Bertz CT molecular complexity index is 1860. The lowest BCUT2D eigenvalue weighted by molar-refractivity contribution is 0.280. The average molecular weight is 611 g/mol. The number of aryl methyl sites for hydroxylation is 4. The molecule has 0 aliphatic heterocycles. The third-order valence-electron chi connectivity index (χ3n) is 10.3. The lowest BCUT2D eigenvalue weighted by Gasteiger charge is -2.21. The number of hydrogen-bond acceptors (Lipinski definition) is 2. The smallest absolute Gasteiger partial charge is 0.0687 e. The zero-order valence-electron chi connectivity index (χ0n) is 29.1. The van der Waals surface area contributed by atoms with Crippen LogP contribution in [0.1, 0.15) is 100 Å². The van der Waals surface area contributed by atoms with Gasteiger partial charge in [-0.2, -0.15) is 0 Å². The summed E-state index contributed by atoms with van der Waals surface area (Å²) < 4.78 is 0. The van der Waals surface area contributed by atoms with Gasteiger partial charge in [0.05, 0.1) is 13.2 Å². The average Bonchev–Trinajstić information content (AvgIpc) is 3.03. The zero-order chi connectivity index (χ0) is 33.1. The second kappa shape index (κ2) is 14.2. The van der Waals surface area contributed by atoms with Crippen LogP contribution in [0, 0.1) is 55.4 Å². The number of aliphatic hydroxyl groups excluding tert-OH is 2. The van der Waals surface area contributed by atoms with Gasteiger partial charge in [-0.3, -0.25) is 0 Å². The van der Waals surface area contributed by atoms with Crippen LogP contribution in [-0.2, 0) is 38.9 Å². The second-order valence-corrected chi connectivity index (χ2v) is 13.5. The van der Waals surface area contributed by atoms with E-state index in [2.05, 4.69) is 116 Å². The Balaban J connectivity index is 1.48. The summed E-state index contributed by atoms with van der Waals surface area (Å²) in [6.45, 7) is 17.9. The SMILES string of the molecule is Cc1ccc(Cc2c(C)c(C)cc(Cc3cc(C)cc(Cc4cc(C)c(CO)c(Cc5ccc(CO)cc5)c4C)c3C)c2C)cc1. The van der Waals surface area contributed by atoms with E-state index in [1.807, 2.05) is 12.1 Å². The first-order valence-electron chi connectivity index (χ1n) is 16.6. The van der Waals surface area contributed by atoms with Crippen LogP contribution >= 0.6 is 0 Å². The molecular formula is C44H50O2. The third kappa shape index (κ3) is 7.20. The topological polar surface area (TPSA) is 40.5 Å². The van der Waals surface area contributed by atoms with E-state index >= 15 is 0 Å². The van der Waals surface area contributed by atoms with Gasteiger partial charge in [-0.15, -0.1) is 0 Å². The molecule has 2 heteroatoms. The fourth-order valence-electron chi connectivity index (χ4n) is 7.07. The van der Waals surface area contributed by atoms with Crippen LogP contribution in [0.3, 0.4) is 0 Å². The van der Waals surface area contributed by atoms with Gasteiger partial charge in [-0.05, 0) is 170 Å². The summed E-state index contributed by atoms with van der Waals surface area (Å²) >= 11 is 0. The number of aliphatic hydroxyl groups is 2. The molecule has 0 saturated carbocycles. The Morgan fingerprint density at radius 1 is 0.370 bits per heavy atom. The Morgan fingerprint density at radius 3 is 1.37 bits per heavy atom. The van der Waals surface area contributed by atoms with Gasteiger partial charge in [0, 0.05) is 0 Å². The van der Waals surface area contributed by atoms with Crippen molar-refractivity contribution in [1.29, 1.82) is 0 Å². The van der Waals surface area contributed by atoms with Gasteiger partial charge in [0.1, 0.15) is 0 Å². The largest absolute Gasteiger partial charge is 0.392 e. The molecule has 0 unspecified atom stereocenters. The van der Waals surface area contributed by atoms with Gasteiger partial charge in [0.15, 0.2) is 0 Å². The molecule has 0 bridgehead atoms. The van der Waals surface area contributed by atoms with Crippen molar-refractivity contribution < 1.29 is 10.2 Å². The van der Waals surface area contributed by atoms with Crippen LogP contribution in [0.25, 0.3) is 0 Å². The lowest BCUT2D eigenvalue weighted by Crippen LogP contribution is -2.08. The number of rotatable bonds is 10. The maximum Gasteiger partial charge on any atom is 0.0687 e. The van der Waals surface area contributed by atoms with Gasteiger partial charge in [-0.1, -0.05) is 83.9 Å². The Kier molecular flexibility index (Phi) is 10.3. The predicted molar refractivity (Wildman–Crippen MR) is 193 cm³/mol. The molecule has 0 atom stereocenters. The first-order chi connectivity index (χ1) is 22.0. The van der Waals surface area contributed by atoms with E-state index in [-0.39, 0.29) is 13.2 Å². The molecule has 2 N–H and O–H groups in total. The maximum atomic E-state index is 10.4. The van der Waals surface area contributed by atoms with Crippen molar-refractivity contribution in [3.05, 3.63) is 173 Å². The van der Waals surface area contributed by atoms with E-state index in [0.29, 0.717) is 0 Å². The van der Waals surface area contributed by atoms with Crippen LogP contribution in [0.5, 0.6) is 0 Å². The van der Waals surface area contributed by atoms with Crippen LogP contribution in [0.15, 0.2) is 72.8 Å². The van der Waals surface area contributed by atoms with Gasteiger partial charge < -0.3 is 10.2 Å². The Morgan fingerprint density at radius 2 is 0.826 bits per heavy atom. The predicted octanol–water partition coefficient (Wildman–Crippen LogP) is 9.50. The van der Waals surface area contributed by atoms with E-state index < -0.39 is 0 Å². The van der Waals surface area contributed by atoms with Crippen LogP contribution in [-0.4, -0.2) is 10.2 Å². The van der Waals surface area contributed by atoms with Crippen LogP contribution in [0.2, 0.25) is 0 Å². The highest BCUT2D eigenvalue weighted by atomic mass is 16.3. The summed E-state index contributed by atoms with van der Waals surface area (Å²) in [7, 11) is 0. The monoisotopic (exact) mass is 610 g/mol. The number of hydrogen-bond donors (Lipinski definition) is 2. The van der Waals surface area contributed by atoms with E-state index in [1.54, 1.807) is 0 Å². The van der Waals surface area contributed by atoms with Crippen molar-refractivity contribution >= 4 is 0 Å². The molecule has 0 aromatic heterocycles. The lowest BCUT2D eigenvalue weighted by atomic mass is 9.84. The van der Waals surface area contributed by atoms with Crippen molar-refractivity contribution in [2.24, 2.45) is 0 Å². The van der Waals surface area contributed by atoms with E-state index in [9.17, 15) is 10.2 Å². The molecule has 0 fully saturated rings. The van der Waals surface area contributed by atoms with Crippen molar-refractivity contribution in [3.63, 3.8) is 0 Å². The second-order valence-electron chi connectivity index (χ2n) is 13.5. The minimum atomic E-state index is 0.0336. The molecule has 0 aliphatic carbocycles. The standard InChI is InChI=1S/C44H50O2/c1-27-9-11-35(12-10-27)21-42-31(5)29(3)19-40(33(42)7)23-38-17-28(2)18-39(32(38)6)24-41-20-30(4)44(26-46)43(34(41)8)22-36-13-15-37(25-45)16-14-36/h9-20,45-46H,21-26H2,1-8H3. The van der Waals surface area contributed by atoms with E-state index in [1.165, 1.54) is 83.5 Å². The van der Waals surface area contributed by atoms with Gasteiger partial charge in [0.2, 0.25) is 0 Å². The normalized spacial score (nSPS) is 11.3. The molecule has 46 heavy (non-hydrogen) atoms. The molecule has 0 saturated heterocycles. The summed E-state index contributed by atoms with van der Waals surface area (Å²) in [5.74, 6) is 0. The molecule has 238 valence electrons. The quantitative estimate of drug-likeness (QED) is 0.165. The summed E-state index contributed by atoms with van der Waals surface area (Å²) in [4.78, 5) is 0. The van der Waals surface area contributed by atoms with Crippen molar-refractivity contribution in [3.8, 4) is 0 Å². The molecular weight excluding hydrogens is 560 g/mol. The number of benzene rings is 5. The zero-order valence-corrected chi connectivity index (χ0v) is 29.1. The third-order valence-corrected chi connectivity index (χ3v) is 10.3. The van der Waals surface area contributed by atoms with Crippen LogP contribution < -0.4 is 0 Å². The summed E-state index contributed by atoms with van der Waals surface area (Å²) in [5, 5.41) is 19.8. The molecule has 0 heterocycles. The highest BCUT2D eigenvalue weighted by Crippen LogP contribution is 2.32. The molecule has 5 aromatic carbocycles. The molecule has 5 aromatic rings. The highest BCUT2D eigenvalue weighted by molar-refractivity contribution is 5.53. The van der Waals surface area contributed by atoms with Crippen molar-refractivity contribution in [2.75, 3.05) is 0 Å². The molecule has 2 nitrogen and oxygen atoms in total. The molecule has 0 radical (unpaired) electrons. The molecule has 0 spiro atoms. The Hall–Kier alpha value is -3.98. The van der Waals surface area contributed by atoms with Gasteiger partial charge in [0.25, 0.3) is 0 Å². The van der Waals surface area contributed by atoms with E-state index in [4.69, 9.17) is 0 Å². The minimum absolute atomic E-state index is 0.0336. The van der Waals surface area contributed by atoms with E-state index in [0.717, 1.165) is 42.4 Å². The fraction of sp³-hybridized carbons (Fsp3) is 0.318. The van der Waals surface area contributed by atoms with Gasteiger partial charge in [-0.25, -0.2) is 0 Å². The molecule has 0 amide bonds. The maximum absolute atomic E-state index is 10.4. The minimum Gasteiger partial charge on any atom is -0.392 e. The molecule has 5 rings (SSSR count). The molecule has 0 aliphatic rings.